The van der Waals surface area contributed by atoms with Crippen LogP contribution in [0.2, 0.25) is 0 Å². The number of azide groups is 1. The Labute approximate surface area is 88.9 Å². The molecule has 0 aliphatic heterocycles. The highest BCUT2D eigenvalue weighted by Crippen LogP contribution is 2.26. The van der Waals surface area contributed by atoms with E-state index >= 15 is 0 Å². The van der Waals surface area contributed by atoms with Gasteiger partial charge in [0.05, 0.1) is 4.92 Å². The van der Waals surface area contributed by atoms with Crippen LogP contribution in [0.1, 0.15) is 10.4 Å². The molecule has 76 valence electrons. The maximum absolute atomic E-state index is 10.9. The molecule has 0 aliphatic carbocycles. The Hall–Kier alpha value is -2.05. The fourth-order valence-electron chi connectivity index (χ4n) is 0.966. The largest absolute Gasteiger partial charge is 0.282 e. The number of benzene rings is 1. The fourth-order valence-corrected chi connectivity index (χ4v) is 1.15. The Kier molecular flexibility index (Phi) is 3.27. The molecule has 0 amide bonds. The van der Waals surface area contributed by atoms with Crippen molar-refractivity contribution in [1.29, 1.82) is 0 Å². The zero-order valence-electron chi connectivity index (χ0n) is 7.19. The van der Waals surface area contributed by atoms with Crippen molar-refractivity contribution >= 4 is 29.1 Å². The first kappa shape index (κ1) is 11.0. The lowest BCUT2D eigenvalue weighted by Gasteiger charge is -1.98. The minimum Gasteiger partial charge on any atom is -0.282 e. The lowest BCUT2D eigenvalue weighted by Crippen LogP contribution is -1.97. The van der Waals surface area contributed by atoms with Crippen LogP contribution in [0.3, 0.4) is 0 Å². The van der Waals surface area contributed by atoms with Crippen molar-refractivity contribution in [2.24, 2.45) is 5.11 Å². The molecule has 0 aliphatic rings. The summed E-state index contributed by atoms with van der Waals surface area (Å²) in [4.78, 5) is 23.2. The Morgan fingerprint density at radius 2 is 2.27 bits per heavy atom. The molecular formula is C7H4N4O3S. The summed E-state index contributed by atoms with van der Waals surface area (Å²) < 4.78 is 0. The van der Waals surface area contributed by atoms with Gasteiger partial charge < -0.3 is 0 Å². The first-order chi connectivity index (χ1) is 7.06. The number of thiol groups is 1. The van der Waals surface area contributed by atoms with Crippen LogP contribution in [0.25, 0.3) is 10.4 Å². The maximum Gasteiger partial charge on any atom is 0.281 e. The molecule has 15 heavy (non-hydrogen) atoms. The SMILES string of the molecule is [N-]=[N+]=Nc1ccc(C(=O)S)c([N+](=O)[O-])c1. The molecule has 0 fully saturated rings. The van der Waals surface area contributed by atoms with E-state index in [-0.39, 0.29) is 11.3 Å². The van der Waals surface area contributed by atoms with Crippen LogP contribution < -0.4 is 0 Å². The van der Waals surface area contributed by atoms with Gasteiger partial charge in [-0.25, -0.2) is 0 Å². The van der Waals surface area contributed by atoms with Crippen LogP contribution in [0.15, 0.2) is 23.3 Å². The maximum atomic E-state index is 10.9. The van der Waals surface area contributed by atoms with E-state index in [1.54, 1.807) is 0 Å². The molecule has 0 unspecified atom stereocenters. The number of nitro groups is 1. The minimum absolute atomic E-state index is 0.0718. The first-order valence-corrected chi connectivity index (χ1v) is 4.08. The number of hydrogen-bond acceptors (Lipinski definition) is 4. The van der Waals surface area contributed by atoms with E-state index in [4.69, 9.17) is 5.53 Å². The second-order valence-corrected chi connectivity index (χ2v) is 2.86. The fraction of sp³-hybridized carbons (Fsp3) is 0. The third-order valence-corrected chi connectivity index (χ3v) is 1.81. The second-order valence-electron chi connectivity index (χ2n) is 2.45. The Bertz CT molecular complexity index is 481. The summed E-state index contributed by atoms with van der Waals surface area (Å²) in [5.41, 5.74) is 7.64. The summed E-state index contributed by atoms with van der Waals surface area (Å²) in [6.07, 6.45) is 0. The number of nitro benzene ring substituents is 1. The molecule has 0 N–H and O–H groups in total. The highest BCUT2D eigenvalue weighted by molar-refractivity contribution is 7.97. The van der Waals surface area contributed by atoms with Gasteiger partial charge in [-0.15, -0.1) is 12.6 Å². The van der Waals surface area contributed by atoms with E-state index in [0.29, 0.717) is 0 Å². The second kappa shape index (κ2) is 4.45. The van der Waals surface area contributed by atoms with E-state index < -0.39 is 15.7 Å². The number of rotatable bonds is 3. The van der Waals surface area contributed by atoms with Crippen molar-refractivity contribution < 1.29 is 9.72 Å². The molecule has 7 nitrogen and oxygen atoms in total. The zero-order valence-corrected chi connectivity index (χ0v) is 8.09. The summed E-state index contributed by atoms with van der Waals surface area (Å²) in [7, 11) is 0. The molecule has 0 spiro atoms. The van der Waals surface area contributed by atoms with Gasteiger partial charge in [-0.1, -0.05) is 11.2 Å². The van der Waals surface area contributed by atoms with Crippen molar-refractivity contribution in [1.82, 2.24) is 0 Å². The molecule has 0 saturated carbocycles. The number of hydrogen-bond donors (Lipinski definition) is 1. The van der Waals surface area contributed by atoms with Gasteiger partial charge in [0.2, 0.25) is 5.12 Å². The Morgan fingerprint density at radius 1 is 1.60 bits per heavy atom. The summed E-state index contributed by atoms with van der Waals surface area (Å²) in [6, 6.07) is 3.51. The molecule has 0 saturated heterocycles. The number of carbonyl (C=O) groups excluding carboxylic acids is 1. The van der Waals surface area contributed by atoms with Gasteiger partial charge in [-0.05, 0) is 11.6 Å². The molecule has 0 bridgehead atoms. The smallest absolute Gasteiger partial charge is 0.281 e. The molecule has 0 heterocycles. The molecule has 1 aromatic carbocycles. The first-order valence-electron chi connectivity index (χ1n) is 3.63. The summed E-state index contributed by atoms with van der Waals surface area (Å²) in [5, 5.41) is 13.0. The lowest BCUT2D eigenvalue weighted by atomic mass is 10.2. The van der Waals surface area contributed by atoms with Gasteiger partial charge in [0.1, 0.15) is 5.56 Å². The van der Waals surface area contributed by atoms with E-state index in [0.717, 1.165) is 6.07 Å². The average Bonchev–Trinajstić information content (AvgIpc) is 2.17. The van der Waals surface area contributed by atoms with Crippen LogP contribution in [-0.2, 0) is 0 Å². The predicted molar refractivity (Wildman–Crippen MR) is 55.2 cm³/mol. The quantitative estimate of drug-likeness (QED) is 0.213. The summed E-state index contributed by atoms with van der Waals surface area (Å²) in [6.45, 7) is 0. The van der Waals surface area contributed by atoms with Crippen molar-refractivity contribution in [3.05, 3.63) is 44.3 Å². The monoisotopic (exact) mass is 224 g/mol. The molecule has 0 atom stereocenters. The van der Waals surface area contributed by atoms with E-state index in [1.165, 1.54) is 12.1 Å². The predicted octanol–water partition coefficient (Wildman–Crippen LogP) is 2.61. The Balaban J connectivity index is 3.39. The topological polar surface area (TPSA) is 109 Å². The van der Waals surface area contributed by atoms with Crippen molar-refractivity contribution in [2.45, 2.75) is 0 Å². The Morgan fingerprint density at radius 3 is 2.73 bits per heavy atom. The van der Waals surface area contributed by atoms with Crippen LogP contribution in [0.4, 0.5) is 11.4 Å². The van der Waals surface area contributed by atoms with Gasteiger partial charge >= 0.3 is 0 Å². The molecule has 0 radical (unpaired) electrons. The average molecular weight is 224 g/mol. The molecule has 0 aromatic heterocycles. The van der Waals surface area contributed by atoms with Gasteiger partial charge in [-0.3, -0.25) is 14.9 Å². The summed E-state index contributed by atoms with van der Waals surface area (Å²) in [5.74, 6) is 0. The van der Waals surface area contributed by atoms with Crippen LogP contribution >= 0.6 is 12.6 Å². The third-order valence-electron chi connectivity index (χ3n) is 1.57. The normalized spacial score (nSPS) is 9.13. The van der Waals surface area contributed by atoms with Gasteiger partial charge in [0.25, 0.3) is 5.69 Å². The molecular weight excluding hydrogens is 220 g/mol. The van der Waals surface area contributed by atoms with E-state index in [2.05, 4.69) is 22.7 Å². The van der Waals surface area contributed by atoms with Crippen LogP contribution in [0.5, 0.6) is 0 Å². The van der Waals surface area contributed by atoms with E-state index in [9.17, 15) is 14.9 Å². The van der Waals surface area contributed by atoms with Crippen LogP contribution in [-0.4, -0.2) is 10.0 Å². The highest BCUT2D eigenvalue weighted by Gasteiger charge is 2.17. The summed E-state index contributed by atoms with van der Waals surface area (Å²) >= 11 is 3.49. The zero-order chi connectivity index (χ0) is 11.4. The van der Waals surface area contributed by atoms with Crippen LogP contribution in [0, 0.1) is 10.1 Å². The van der Waals surface area contributed by atoms with Gasteiger partial charge in [-0.2, -0.15) is 0 Å². The molecule has 1 aromatic rings. The van der Waals surface area contributed by atoms with Crippen molar-refractivity contribution in [2.75, 3.05) is 0 Å². The number of nitrogens with zero attached hydrogens (tertiary/aromatic N) is 4. The highest BCUT2D eigenvalue weighted by atomic mass is 32.1. The molecule has 8 heteroatoms. The minimum atomic E-state index is -0.736. The van der Waals surface area contributed by atoms with Gasteiger partial charge in [0.15, 0.2) is 0 Å². The number of carbonyl (C=O) groups is 1. The van der Waals surface area contributed by atoms with Gasteiger partial charge in [0, 0.05) is 16.7 Å². The van der Waals surface area contributed by atoms with Crippen molar-refractivity contribution in [3.8, 4) is 0 Å². The molecule has 1 rings (SSSR count). The standard InChI is InChI=1S/C7H4N4O3S/c8-10-9-4-1-2-5(7(12)15)6(3-4)11(13)14/h1-3H,(H,12,15). The lowest BCUT2D eigenvalue weighted by molar-refractivity contribution is -0.385. The third kappa shape index (κ3) is 2.46. The van der Waals surface area contributed by atoms with E-state index in [1.807, 2.05) is 0 Å². The van der Waals surface area contributed by atoms with Crippen molar-refractivity contribution in [3.63, 3.8) is 0 Å².